The van der Waals surface area contributed by atoms with E-state index in [0.29, 0.717) is 10.0 Å². The minimum absolute atomic E-state index is 0.557. The van der Waals surface area contributed by atoms with Crippen LogP contribution in [0.3, 0.4) is 0 Å². The molecule has 0 bridgehead atoms. The van der Waals surface area contributed by atoms with Crippen LogP contribution in [0.2, 0.25) is 10.0 Å². The molecule has 0 saturated carbocycles. The fraction of sp³-hybridized carbons (Fsp3) is 0.0870. The summed E-state index contributed by atoms with van der Waals surface area (Å²) in [6.07, 6.45) is 0.924. The number of aromatic nitrogens is 1. The van der Waals surface area contributed by atoms with Crippen LogP contribution in [-0.4, -0.2) is 4.57 Å². The zero-order valence-corrected chi connectivity index (χ0v) is 17.4. The van der Waals surface area contributed by atoms with Crippen LogP contribution in [0, 0.1) is 0 Å². The first kappa shape index (κ1) is 19.0. The van der Waals surface area contributed by atoms with Crippen molar-refractivity contribution in [1.82, 2.24) is 4.57 Å². The van der Waals surface area contributed by atoms with Crippen molar-refractivity contribution in [2.45, 2.75) is 13.0 Å². The van der Waals surface area contributed by atoms with Gasteiger partial charge in [0.25, 0.3) is 0 Å². The molecule has 1 aromatic heterocycles. The Kier molecular flexibility index (Phi) is 5.96. The highest BCUT2D eigenvalue weighted by molar-refractivity contribution is 7.07. The standard InChI is InChI=1S/C23H18Cl2N2S/c24-20-12-11-18(15-21(20)25)22-16-28-23(26-19-9-5-2-6-10-19)27(22)14-13-17-7-3-1-4-8-17/h1-12,15-16H,13-14H2. The van der Waals surface area contributed by atoms with Crippen molar-refractivity contribution in [2.24, 2.45) is 4.99 Å². The second kappa shape index (κ2) is 8.78. The van der Waals surface area contributed by atoms with Gasteiger partial charge in [0.1, 0.15) is 0 Å². The Labute approximate surface area is 178 Å². The Morgan fingerprint density at radius 2 is 1.54 bits per heavy atom. The summed E-state index contributed by atoms with van der Waals surface area (Å²) < 4.78 is 2.25. The lowest BCUT2D eigenvalue weighted by Crippen LogP contribution is -2.17. The van der Waals surface area contributed by atoms with E-state index in [4.69, 9.17) is 28.2 Å². The van der Waals surface area contributed by atoms with Gasteiger partial charge in [-0.25, -0.2) is 4.99 Å². The Balaban J connectivity index is 1.77. The monoisotopic (exact) mass is 424 g/mol. The van der Waals surface area contributed by atoms with Gasteiger partial charge in [-0.3, -0.25) is 0 Å². The molecule has 4 aromatic rings. The van der Waals surface area contributed by atoms with Gasteiger partial charge in [0.2, 0.25) is 0 Å². The molecule has 0 fully saturated rings. The van der Waals surface area contributed by atoms with Crippen LogP contribution < -0.4 is 4.80 Å². The maximum Gasteiger partial charge on any atom is 0.190 e. The summed E-state index contributed by atoms with van der Waals surface area (Å²) >= 11 is 14.0. The summed E-state index contributed by atoms with van der Waals surface area (Å²) in [6.45, 7) is 0.828. The van der Waals surface area contributed by atoms with E-state index in [1.807, 2.05) is 54.6 Å². The maximum atomic E-state index is 6.26. The van der Waals surface area contributed by atoms with Crippen LogP contribution in [0.5, 0.6) is 0 Å². The quantitative estimate of drug-likeness (QED) is 0.328. The number of thiazole rings is 1. The van der Waals surface area contributed by atoms with Crippen molar-refractivity contribution >= 4 is 40.2 Å². The topological polar surface area (TPSA) is 17.3 Å². The highest BCUT2D eigenvalue weighted by Crippen LogP contribution is 2.29. The normalized spacial score (nSPS) is 11.7. The minimum atomic E-state index is 0.557. The zero-order chi connectivity index (χ0) is 19.3. The van der Waals surface area contributed by atoms with Crippen LogP contribution in [0.4, 0.5) is 5.69 Å². The maximum absolute atomic E-state index is 6.26. The summed E-state index contributed by atoms with van der Waals surface area (Å²) in [5.41, 5.74) is 4.37. The van der Waals surface area contributed by atoms with Crippen LogP contribution >= 0.6 is 34.5 Å². The molecule has 2 nitrogen and oxygen atoms in total. The molecule has 0 amide bonds. The SMILES string of the molecule is Clc1ccc(-c2csc(=Nc3ccccc3)n2CCc2ccccc2)cc1Cl. The summed E-state index contributed by atoms with van der Waals surface area (Å²) in [5, 5.41) is 3.25. The van der Waals surface area contributed by atoms with Gasteiger partial charge in [0, 0.05) is 17.5 Å². The van der Waals surface area contributed by atoms with Gasteiger partial charge < -0.3 is 4.57 Å². The molecular weight excluding hydrogens is 407 g/mol. The molecule has 0 spiro atoms. The smallest absolute Gasteiger partial charge is 0.190 e. The first-order valence-electron chi connectivity index (χ1n) is 8.98. The second-order valence-electron chi connectivity index (χ2n) is 6.37. The summed E-state index contributed by atoms with van der Waals surface area (Å²) in [7, 11) is 0. The van der Waals surface area contributed by atoms with E-state index >= 15 is 0 Å². The van der Waals surface area contributed by atoms with Gasteiger partial charge >= 0.3 is 0 Å². The number of rotatable bonds is 5. The van der Waals surface area contributed by atoms with E-state index < -0.39 is 0 Å². The number of hydrogen-bond acceptors (Lipinski definition) is 2. The number of hydrogen-bond donors (Lipinski definition) is 0. The fourth-order valence-electron chi connectivity index (χ4n) is 3.02. The molecule has 0 atom stereocenters. The summed E-state index contributed by atoms with van der Waals surface area (Å²) in [4.78, 5) is 5.82. The predicted molar refractivity (Wildman–Crippen MR) is 120 cm³/mol. The molecule has 0 saturated heterocycles. The average Bonchev–Trinajstić information content (AvgIpc) is 3.12. The third-order valence-corrected chi connectivity index (χ3v) is 6.06. The Hall–Kier alpha value is -2.33. The third kappa shape index (κ3) is 4.39. The number of nitrogens with zero attached hydrogens (tertiary/aromatic N) is 2. The summed E-state index contributed by atoms with van der Waals surface area (Å²) in [6, 6.07) is 26.3. The van der Waals surface area contributed by atoms with E-state index in [1.165, 1.54) is 5.56 Å². The molecule has 4 rings (SSSR count). The molecular formula is C23H18Cl2N2S. The molecule has 0 unspecified atom stereocenters. The molecule has 28 heavy (non-hydrogen) atoms. The Bertz CT molecular complexity index is 1130. The first-order chi connectivity index (χ1) is 13.7. The predicted octanol–water partition coefficient (Wildman–Crippen LogP) is 7.00. The van der Waals surface area contributed by atoms with E-state index in [-0.39, 0.29) is 0 Å². The van der Waals surface area contributed by atoms with Gasteiger partial charge in [-0.1, -0.05) is 77.8 Å². The molecule has 5 heteroatoms. The van der Waals surface area contributed by atoms with Crippen molar-refractivity contribution in [3.63, 3.8) is 0 Å². The lowest BCUT2D eigenvalue weighted by molar-refractivity contribution is 0.684. The number of halogens is 2. The van der Waals surface area contributed by atoms with E-state index in [1.54, 1.807) is 11.3 Å². The molecule has 0 aliphatic carbocycles. The van der Waals surface area contributed by atoms with Gasteiger partial charge in [-0.2, -0.15) is 0 Å². The molecule has 0 aliphatic rings. The highest BCUT2D eigenvalue weighted by atomic mass is 35.5. The number of benzene rings is 3. The average molecular weight is 425 g/mol. The Morgan fingerprint density at radius 1 is 0.821 bits per heavy atom. The fourth-order valence-corrected chi connectivity index (χ4v) is 4.27. The van der Waals surface area contributed by atoms with E-state index in [2.05, 4.69) is 34.2 Å². The van der Waals surface area contributed by atoms with Gasteiger partial charge in [-0.05, 0) is 36.2 Å². The number of aryl methyl sites for hydroxylation is 1. The Morgan fingerprint density at radius 3 is 2.25 bits per heavy atom. The van der Waals surface area contributed by atoms with Crippen LogP contribution in [-0.2, 0) is 13.0 Å². The van der Waals surface area contributed by atoms with Crippen molar-refractivity contribution in [1.29, 1.82) is 0 Å². The van der Waals surface area contributed by atoms with Crippen molar-refractivity contribution in [3.05, 3.63) is 105 Å². The van der Waals surface area contributed by atoms with Gasteiger partial charge in [0.05, 0.1) is 21.4 Å². The van der Waals surface area contributed by atoms with Gasteiger partial charge in [0.15, 0.2) is 4.80 Å². The van der Waals surface area contributed by atoms with E-state index in [0.717, 1.165) is 34.7 Å². The molecule has 3 aromatic carbocycles. The minimum Gasteiger partial charge on any atom is -0.316 e. The highest BCUT2D eigenvalue weighted by Gasteiger charge is 2.10. The molecule has 0 radical (unpaired) electrons. The molecule has 0 N–H and O–H groups in total. The third-order valence-electron chi connectivity index (χ3n) is 4.46. The van der Waals surface area contributed by atoms with Crippen LogP contribution in [0.15, 0.2) is 89.2 Å². The van der Waals surface area contributed by atoms with E-state index in [9.17, 15) is 0 Å². The molecule has 140 valence electrons. The summed E-state index contributed by atoms with van der Waals surface area (Å²) in [5.74, 6) is 0. The molecule has 0 aliphatic heterocycles. The lowest BCUT2D eigenvalue weighted by Gasteiger charge is -2.10. The largest absolute Gasteiger partial charge is 0.316 e. The second-order valence-corrected chi connectivity index (χ2v) is 8.02. The van der Waals surface area contributed by atoms with Crippen LogP contribution in [0.25, 0.3) is 11.3 Å². The van der Waals surface area contributed by atoms with Crippen molar-refractivity contribution in [3.8, 4) is 11.3 Å². The first-order valence-corrected chi connectivity index (χ1v) is 10.6. The lowest BCUT2D eigenvalue weighted by atomic mass is 10.1. The number of para-hydroxylation sites is 1. The molecule has 1 heterocycles. The zero-order valence-electron chi connectivity index (χ0n) is 15.1. The van der Waals surface area contributed by atoms with Crippen molar-refractivity contribution in [2.75, 3.05) is 0 Å². The van der Waals surface area contributed by atoms with Gasteiger partial charge in [-0.15, -0.1) is 11.3 Å². The van der Waals surface area contributed by atoms with Crippen molar-refractivity contribution < 1.29 is 0 Å². The van der Waals surface area contributed by atoms with Crippen LogP contribution in [0.1, 0.15) is 5.56 Å².